The van der Waals surface area contributed by atoms with Crippen molar-refractivity contribution in [2.75, 3.05) is 7.11 Å². The number of halogens is 3. The summed E-state index contributed by atoms with van der Waals surface area (Å²) in [5.41, 5.74) is 1.68. The van der Waals surface area contributed by atoms with Gasteiger partial charge in [0.05, 0.1) is 13.2 Å². The van der Waals surface area contributed by atoms with Crippen LogP contribution in [0.25, 0.3) is 0 Å². The first-order chi connectivity index (χ1) is 9.51. The summed E-state index contributed by atoms with van der Waals surface area (Å²) < 4.78 is 6.95. The molecule has 0 fully saturated rings. The molecule has 1 atom stereocenters. The van der Waals surface area contributed by atoms with Crippen LogP contribution in [0, 0.1) is 0 Å². The highest BCUT2D eigenvalue weighted by Gasteiger charge is 2.15. The molecule has 0 saturated carbocycles. The van der Waals surface area contributed by atoms with Gasteiger partial charge in [-0.05, 0) is 41.5 Å². The highest BCUT2D eigenvalue weighted by Crippen LogP contribution is 2.31. The highest BCUT2D eigenvalue weighted by atomic mass is 79.9. The molecular formula is C15H13Br2ClO2. The predicted octanol–water partition coefficient (Wildman–Crippen LogP) is 5.15. The average molecular weight is 421 g/mol. The first kappa shape index (κ1) is 15.8. The second-order valence-corrected chi connectivity index (χ2v) is 6.52. The van der Waals surface area contributed by atoms with Gasteiger partial charge in [-0.2, -0.15) is 0 Å². The second kappa shape index (κ2) is 6.94. The third-order valence-corrected chi connectivity index (χ3v) is 4.56. The van der Waals surface area contributed by atoms with Crippen LogP contribution in [0.15, 0.2) is 45.3 Å². The van der Waals surface area contributed by atoms with Crippen LogP contribution in [0.5, 0.6) is 5.75 Å². The smallest absolute Gasteiger partial charge is 0.119 e. The standard InChI is InChI=1S/C15H13Br2ClO2/c1-20-11-4-5-13(17)12(8-11)15(19)6-9-2-3-10(16)7-14(9)18/h2-5,7-8,15,19H,6H2,1H3. The largest absolute Gasteiger partial charge is 0.497 e. The van der Waals surface area contributed by atoms with Crippen molar-refractivity contribution in [2.24, 2.45) is 0 Å². The molecule has 0 bridgehead atoms. The van der Waals surface area contributed by atoms with Gasteiger partial charge in [0.15, 0.2) is 0 Å². The molecule has 0 radical (unpaired) electrons. The van der Waals surface area contributed by atoms with E-state index in [1.807, 2.05) is 36.4 Å². The number of benzene rings is 2. The zero-order valence-electron chi connectivity index (χ0n) is 10.7. The lowest BCUT2D eigenvalue weighted by atomic mass is 10.0. The molecule has 1 unspecified atom stereocenters. The lowest BCUT2D eigenvalue weighted by Crippen LogP contribution is -2.03. The van der Waals surface area contributed by atoms with Gasteiger partial charge in [-0.15, -0.1) is 0 Å². The SMILES string of the molecule is COc1ccc(Br)c(C(O)Cc2ccc(Br)cc2Cl)c1. The number of rotatable bonds is 4. The van der Waals surface area contributed by atoms with E-state index in [1.165, 1.54) is 0 Å². The lowest BCUT2D eigenvalue weighted by molar-refractivity contribution is 0.177. The summed E-state index contributed by atoms with van der Waals surface area (Å²) in [6.07, 6.45) is -0.212. The molecule has 0 heterocycles. The first-order valence-electron chi connectivity index (χ1n) is 5.96. The topological polar surface area (TPSA) is 29.5 Å². The van der Waals surface area contributed by atoms with Gasteiger partial charge in [-0.25, -0.2) is 0 Å². The van der Waals surface area contributed by atoms with Gasteiger partial charge in [0.25, 0.3) is 0 Å². The van der Waals surface area contributed by atoms with Gasteiger partial charge < -0.3 is 9.84 Å². The minimum absolute atomic E-state index is 0.442. The summed E-state index contributed by atoms with van der Waals surface area (Å²) in [6.45, 7) is 0. The van der Waals surface area contributed by atoms with Crippen molar-refractivity contribution >= 4 is 43.5 Å². The Morgan fingerprint density at radius 2 is 1.95 bits per heavy atom. The lowest BCUT2D eigenvalue weighted by Gasteiger charge is -2.15. The van der Waals surface area contributed by atoms with Crippen LogP contribution in [-0.2, 0) is 6.42 Å². The molecule has 1 N–H and O–H groups in total. The zero-order valence-corrected chi connectivity index (χ0v) is 14.7. The number of hydrogen-bond donors (Lipinski definition) is 1. The monoisotopic (exact) mass is 418 g/mol. The fraction of sp³-hybridized carbons (Fsp3) is 0.200. The van der Waals surface area contributed by atoms with Crippen molar-refractivity contribution in [1.82, 2.24) is 0 Å². The van der Waals surface area contributed by atoms with Gasteiger partial charge >= 0.3 is 0 Å². The van der Waals surface area contributed by atoms with Crippen molar-refractivity contribution < 1.29 is 9.84 Å². The number of hydrogen-bond acceptors (Lipinski definition) is 2. The minimum Gasteiger partial charge on any atom is -0.497 e. The molecule has 0 aromatic heterocycles. The van der Waals surface area contributed by atoms with Crippen molar-refractivity contribution in [2.45, 2.75) is 12.5 Å². The van der Waals surface area contributed by atoms with Crippen LogP contribution < -0.4 is 4.74 Å². The summed E-state index contributed by atoms with van der Waals surface area (Å²) in [4.78, 5) is 0. The molecular weight excluding hydrogens is 407 g/mol. The molecule has 106 valence electrons. The van der Waals surface area contributed by atoms with Crippen LogP contribution in [0.1, 0.15) is 17.2 Å². The summed E-state index contributed by atoms with van der Waals surface area (Å²) in [7, 11) is 1.60. The Balaban J connectivity index is 2.25. The Bertz CT molecular complexity index is 617. The van der Waals surface area contributed by atoms with Gasteiger partial charge in [-0.1, -0.05) is 49.5 Å². The maximum atomic E-state index is 10.4. The van der Waals surface area contributed by atoms with E-state index in [-0.39, 0.29) is 0 Å². The Labute approximate surface area is 140 Å². The first-order valence-corrected chi connectivity index (χ1v) is 7.93. The van der Waals surface area contributed by atoms with Gasteiger partial charge in [0.1, 0.15) is 5.75 Å². The van der Waals surface area contributed by atoms with E-state index in [0.29, 0.717) is 17.2 Å². The molecule has 0 amide bonds. The Kier molecular flexibility index (Phi) is 5.49. The molecule has 2 rings (SSSR count). The van der Waals surface area contributed by atoms with Gasteiger partial charge in [0, 0.05) is 20.4 Å². The molecule has 20 heavy (non-hydrogen) atoms. The molecule has 0 aliphatic rings. The van der Waals surface area contributed by atoms with E-state index >= 15 is 0 Å². The molecule has 2 aromatic rings. The van der Waals surface area contributed by atoms with Crippen molar-refractivity contribution in [3.05, 3.63) is 61.5 Å². The fourth-order valence-corrected chi connectivity index (χ4v) is 3.17. The maximum Gasteiger partial charge on any atom is 0.119 e. The number of aliphatic hydroxyl groups is 1. The fourth-order valence-electron chi connectivity index (χ4n) is 1.91. The molecule has 0 spiro atoms. The molecule has 0 aliphatic heterocycles. The summed E-state index contributed by atoms with van der Waals surface area (Å²) in [5.74, 6) is 0.712. The number of methoxy groups -OCH3 is 1. The van der Waals surface area contributed by atoms with E-state index in [2.05, 4.69) is 31.9 Å². The predicted molar refractivity (Wildman–Crippen MR) is 88.5 cm³/mol. The second-order valence-electron chi connectivity index (χ2n) is 4.34. The van der Waals surface area contributed by atoms with E-state index in [0.717, 1.165) is 20.1 Å². The third kappa shape index (κ3) is 3.76. The number of aliphatic hydroxyl groups excluding tert-OH is 1. The average Bonchev–Trinajstić information content (AvgIpc) is 2.42. The van der Waals surface area contributed by atoms with Crippen molar-refractivity contribution in [3.63, 3.8) is 0 Å². The Hall–Kier alpha value is -0.550. The van der Waals surface area contributed by atoms with E-state index < -0.39 is 6.10 Å². The number of ether oxygens (including phenoxy) is 1. The zero-order chi connectivity index (χ0) is 14.7. The van der Waals surface area contributed by atoms with Crippen LogP contribution in [0.3, 0.4) is 0 Å². The summed E-state index contributed by atoms with van der Waals surface area (Å²) in [5, 5.41) is 11.0. The van der Waals surface area contributed by atoms with Crippen LogP contribution in [0.4, 0.5) is 0 Å². The molecule has 2 aromatic carbocycles. The highest BCUT2D eigenvalue weighted by molar-refractivity contribution is 9.10. The summed E-state index contributed by atoms with van der Waals surface area (Å²) >= 11 is 13.0. The van der Waals surface area contributed by atoms with E-state index in [1.54, 1.807) is 7.11 Å². The van der Waals surface area contributed by atoms with Crippen molar-refractivity contribution in [3.8, 4) is 5.75 Å². The van der Waals surface area contributed by atoms with Crippen LogP contribution in [-0.4, -0.2) is 12.2 Å². The minimum atomic E-state index is -0.654. The van der Waals surface area contributed by atoms with Gasteiger partial charge in [-0.3, -0.25) is 0 Å². The Morgan fingerprint density at radius 1 is 1.20 bits per heavy atom. The quantitative estimate of drug-likeness (QED) is 0.741. The summed E-state index contributed by atoms with van der Waals surface area (Å²) in [6, 6.07) is 11.2. The molecule has 5 heteroatoms. The van der Waals surface area contributed by atoms with E-state index in [4.69, 9.17) is 16.3 Å². The third-order valence-electron chi connectivity index (χ3n) is 2.99. The normalized spacial score (nSPS) is 12.2. The molecule has 0 saturated heterocycles. The Morgan fingerprint density at radius 3 is 2.60 bits per heavy atom. The van der Waals surface area contributed by atoms with Crippen LogP contribution in [0.2, 0.25) is 5.02 Å². The maximum absolute atomic E-state index is 10.4. The van der Waals surface area contributed by atoms with Crippen LogP contribution >= 0.6 is 43.5 Å². The van der Waals surface area contributed by atoms with Gasteiger partial charge in [0.2, 0.25) is 0 Å². The molecule has 0 aliphatic carbocycles. The molecule has 2 nitrogen and oxygen atoms in total. The van der Waals surface area contributed by atoms with E-state index in [9.17, 15) is 5.11 Å². The van der Waals surface area contributed by atoms with Crippen molar-refractivity contribution in [1.29, 1.82) is 0 Å².